The second-order valence-corrected chi connectivity index (χ2v) is 6.31. The first-order valence-corrected chi connectivity index (χ1v) is 9.03. The van der Waals surface area contributed by atoms with Crippen molar-refractivity contribution >= 4 is 12.0 Å². The Kier molecular flexibility index (Phi) is 7.67. The summed E-state index contributed by atoms with van der Waals surface area (Å²) in [6.45, 7) is 2.13. The van der Waals surface area contributed by atoms with Crippen LogP contribution in [0.5, 0.6) is 11.5 Å². The second kappa shape index (κ2) is 10.2. The van der Waals surface area contributed by atoms with Crippen molar-refractivity contribution in [3.63, 3.8) is 0 Å². The minimum atomic E-state index is -0.884. The van der Waals surface area contributed by atoms with Crippen LogP contribution in [0.25, 0.3) is 0 Å². The number of carbonyl (C=O) groups is 2. The van der Waals surface area contributed by atoms with Crippen molar-refractivity contribution in [2.45, 2.75) is 38.6 Å². The number of nitrogens with one attached hydrogen (secondary N) is 1. The molecule has 0 saturated heterocycles. The van der Waals surface area contributed by atoms with Gasteiger partial charge in [-0.15, -0.1) is 0 Å². The lowest BCUT2D eigenvalue weighted by atomic mass is 10.00. The molecule has 0 spiro atoms. The maximum absolute atomic E-state index is 12.6. The molecule has 0 unspecified atom stereocenters. The van der Waals surface area contributed by atoms with Gasteiger partial charge in [-0.25, -0.2) is 4.79 Å². The highest BCUT2D eigenvalue weighted by atomic mass is 16.5. The van der Waals surface area contributed by atoms with Crippen LogP contribution in [-0.2, 0) is 6.42 Å². The van der Waals surface area contributed by atoms with Gasteiger partial charge in [-0.05, 0) is 54.8 Å². The lowest BCUT2D eigenvalue weighted by Crippen LogP contribution is -2.36. The third kappa shape index (κ3) is 6.66. The molecule has 0 saturated carbocycles. The van der Waals surface area contributed by atoms with Crippen LogP contribution in [0.2, 0.25) is 0 Å². The van der Waals surface area contributed by atoms with Gasteiger partial charge in [-0.3, -0.25) is 4.79 Å². The first-order valence-electron chi connectivity index (χ1n) is 9.03. The van der Waals surface area contributed by atoms with E-state index >= 15 is 0 Å². The van der Waals surface area contributed by atoms with Crippen LogP contribution < -0.4 is 20.5 Å². The van der Waals surface area contributed by atoms with Gasteiger partial charge in [0.25, 0.3) is 5.91 Å². The standard InChI is InChI=1S/C21H26N2O4/c1-3-4-7-17(13-15-6-5-8-19(14-15)26-2)23-20(24)16-9-11-18(12-10-16)27-21(22)25/h5-6,8-12,14,17H,3-4,7,13H2,1-2H3,(H2,22,25)(H,23,24)/t17-/m0/s1. The lowest BCUT2D eigenvalue weighted by molar-refractivity contribution is 0.0934. The Balaban J connectivity index is 2.05. The molecule has 0 radical (unpaired) electrons. The second-order valence-electron chi connectivity index (χ2n) is 6.31. The predicted octanol–water partition coefficient (Wildman–Crippen LogP) is 3.68. The summed E-state index contributed by atoms with van der Waals surface area (Å²) >= 11 is 0. The molecule has 0 bridgehead atoms. The molecule has 0 aromatic heterocycles. The summed E-state index contributed by atoms with van der Waals surface area (Å²) in [6, 6.07) is 14.2. The lowest BCUT2D eigenvalue weighted by Gasteiger charge is -2.19. The molecule has 6 heteroatoms. The Morgan fingerprint density at radius 2 is 1.85 bits per heavy atom. The van der Waals surface area contributed by atoms with E-state index in [4.69, 9.17) is 15.2 Å². The van der Waals surface area contributed by atoms with Gasteiger partial charge in [0.1, 0.15) is 11.5 Å². The highest BCUT2D eigenvalue weighted by molar-refractivity contribution is 5.94. The van der Waals surface area contributed by atoms with Crippen molar-refractivity contribution in [1.29, 1.82) is 0 Å². The SMILES string of the molecule is CCCC[C@@H](Cc1cccc(OC)c1)NC(=O)c1ccc(OC(N)=O)cc1. The van der Waals surface area contributed by atoms with Crippen molar-refractivity contribution in [2.24, 2.45) is 5.73 Å². The first kappa shape index (κ1) is 20.3. The van der Waals surface area contributed by atoms with Gasteiger partial charge >= 0.3 is 6.09 Å². The fourth-order valence-corrected chi connectivity index (χ4v) is 2.82. The van der Waals surface area contributed by atoms with Gasteiger partial charge in [0, 0.05) is 11.6 Å². The van der Waals surface area contributed by atoms with Crippen LogP contribution in [0.3, 0.4) is 0 Å². The van der Waals surface area contributed by atoms with Crippen LogP contribution in [-0.4, -0.2) is 25.2 Å². The third-order valence-corrected chi connectivity index (χ3v) is 4.19. The van der Waals surface area contributed by atoms with Crippen LogP contribution in [0.15, 0.2) is 48.5 Å². The molecule has 144 valence electrons. The molecule has 2 aromatic carbocycles. The van der Waals surface area contributed by atoms with Gasteiger partial charge in [0.2, 0.25) is 0 Å². The molecule has 1 atom stereocenters. The summed E-state index contributed by atoms with van der Waals surface area (Å²) in [5.74, 6) is 0.945. The minimum Gasteiger partial charge on any atom is -0.497 e. The normalized spacial score (nSPS) is 11.5. The minimum absolute atomic E-state index is 0.0195. The van der Waals surface area contributed by atoms with E-state index in [1.165, 1.54) is 0 Å². The molecule has 0 fully saturated rings. The quantitative estimate of drug-likeness (QED) is 0.704. The average Bonchev–Trinajstić information content (AvgIpc) is 2.66. The number of carbonyl (C=O) groups excluding carboxylic acids is 2. The molecule has 3 N–H and O–H groups in total. The summed E-state index contributed by atoms with van der Waals surface area (Å²) in [4.78, 5) is 23.4. The molecule has 0 aliphatic rings. The molecule has 6 nitrogen and oxygen atoms in total. The van der Waals surface area contributed by atoms with E-state index < -0.39 is 6.09 Å². The summed E-state index contributed by atoms with van der Waals surface area (Å²) in [6.07, 6.45) is 2.82. The Morgan fingerprint density at radius 3 is 2.48 bits per heavy atom. The van der Waals surface area contributed by atoms with Gasteiger partial charge in [0.05, 0.1) is 7.11 Å². The fraction of sp³-hybridized carbons (Fsp3) is 0.333. The van der Waals surface area contributed by atoms with E-state index in [2.05, 4.69) is 12.2 Å². The van der Waals surface area contributed by atoms with Gasteiger partial charge in [-0.2, -0.15) is 0 Å². The highest BCUT2D eigenvalue weighted by Gasteiger charge is 2.15. The Hall–Kier alpha value is -3.02. The number of unbranched alkanes of at least 4 members (excludes halogenated alkanes) is 1. The first-order chi connectivity index (χ1) is 13.0. The highest BCUT2D eigenvalue weighted by Crippen LogP contribution is 2.17. The molecule has 2 rings (SSSR count). The van der Waals surface area contributed by atoms with E-state index in [1.807, 2.05) is 24.3 Å². The van der Waals surface area contributed by atoms with Crippen molar-refractivity contribution in [2.75, 3.05) is 7.11 Å². The fourth-order valence-electron chi connectivity index (χ4n) is 2.82. The van der Waals surface area contributed by atoms with Gasteiger partial charge in [-0.1, -0.05) is 31.9 Å². The zero-order valence-corrected chi connectivity index (χ0v) is 15.7. The molecule has 2 aromatic rings. The number of nitrogens with two attached hydrogens (primary N) is 1. The van der Waals surface area contributed by atoms with Crippen LogP contribution in [0.1, 0.15) is 42.1 Å². The van der Waals surface area contributed by atoms with E-state index in [9.17, 15) is 9.59 Å². The number of amides is 2. The molecular weight excluding hydrogens is 344 g/mol. The van der Waals surface area contributed by atoms with Crippen molar-refractivity contribution in [1.82, 2.24) is 5.32 Å². The number of rotatable bonds is 9. The monoisotopic (exact) mass is 370 g/mol. The number of primary amides is 1. The molecule has 0 aliphatic heterocycles. The van der Waals surface area contributed by atoms with E-state index in [1.54, 1.807) is 31.4 Å². The van der Waals surface area contributed by atoms with Crippen molar-refractivity contribution in [3.8, 4) is 11.5 Å². The van der Waals surface area contributed by atoms with E-state index in [0.717, 1.165) is 37.0 Å². The van der Waals surface area contributed by atoms with Crippen LogP contribution in [0, 0.1) is 0 Å². The molecule has 2 amide bonds. The summed E-state index contributed by atoms with van der Waals surface area (Å²) < 4.78 is 10.1. The molecule has 27 heavy (non-hydrogen) atoms. The predicted molar refractivity (Wildman–Crippen MR) is 104 cm³/mol. The van der Waals surface area contributed by atoms with E-state index in [-0.39, 0.29) is 11.9 Å². The third-order valence-electron chi connectivity index (χ3n) is 4.19. The van der Waals surface area contributed by atoms with E-state index in [0.29, 0.717) is 11.3 Å². The number of hydrogen-bond donors (Lipinski definition) is 2. The van der Waals surface area contributed by atoms with Crippen molar-refractivity contribution in [3.05, 3.63) is 59.7 Å². The molecular formula is C21H26N2O4. The number of hydrogen-bond acceptors (Lipinski definition) is 4. The zero-order chi connectivity index (χ0) is 19.6. The van der Waals surface area contributed by atoms with Crippen molar-refractivity contribution < 1.29 is 19.1 Å². The summed E-state index contributed by atoms with van der Waals surface area (Å²) in [5.41, 5.74) is 6.59. The Morgan fingerprint density at radius 1 is 1.11 bits per heavy atom. The number of ether oxygens (including phenoxy) is 2. The maximum Gasteiger partial charge on any atom is 0.409 e. The largest absolute Gasteiger partial charge is 0.497 e. The zero-order valence-electron chi connectivity index (χ0n) is 15.7. The van der Waals surface area contributed by atoms with Crippen LogP contribution in [0.4, 0.5) is 4.79 Å². The van der Waals surface area contributed by atoms with Crippen LogP contribution >= 0.6 is 0 Å². The Bertz CT molecular complexity index is 759. The van der Waals surface area contributed by atoms with Gasteiger partial charge in [0.15, 0.2) is 0 Å². The topological polar surface area (TPSA) is 90.7 Å². The molecule has 0 heterocycles. The number of methoxy groups -OCH3 is 1. The maximum atomic E-state index is 12.6. The smallest absolute Gasteiger partial charge is 0.409 e. The van der Waals surface area contributed by atoms with Gasteiger partial charge < -0.3 is 20.5 Å². The number of benzene rings is 2. The average molecular weight is 370 g/mol. The molecule has 0 aliphatic carbocycles. The summed E-state index contributed by atoms with van der Waals surface area (Å²) in [5, 5.41) is 3.10. The summed E-state index contributed by atoms with van der Waals surface area (Å²) in [7, 11) is 1.64. The Labute approximate surface area is 159 Å².